The Morgan fingerprint density at radius 2 is 1.88 bits per heavy atom. The van der Waals surface area contributed by atoms with Crippen molar-refractivity contribution in [2.75, 3.05) is 6.54 Å². The Labute approximate surface area is 199 Å². The highest BCUT2D eigenvalue weighted by Gasteiger charge is 2.20. The third-order valence-electron chi connectivity index (χ3n) is 4.54. The van der Waals surface area contributed by atoms with Gasteiger partial charge in [-0.25, -0.2) is 0 Å². The van der Waals surface area contributed by atoms with Crippen LogP contribution in [0.25, 0.3) is 11.3 Å². The molecule has 0 fully saturated rings. The lowest BCUT2D eigenvalue weighted by atomic mass is 10.1. The van der Waals surface area contributed by atoms with Crippen LogP contribution in [0.3, 0.4) is 0 Å². The molecule has 10 heteroatoms. The van der Waals surface area contributed by atoms with Crippen LogP contribution in [-0.2, 0) is 7.05 Å². The largest absolute Gasteiger partial charge is 0.504 e. The zero-order valence-electron chi connectivity index (χ0n) is 17.9. The number of nitrogens with one attached hydrogen (secondary N) is 1. The van der Waals surface area contributed by atoms with Crippen LogP contribution in [-0.4, -0.2) is 44.9 Å². The van der Waals surface area contributed by atoms with Gasteiger partial charge in [0, 0.05) is 18.7 Å². The number of carbonyl (C=O) groups excluding carboxylic acids is 2. The van der Waals surface area contributed by atoms with E-state index in [2.05, 4.69) is 15.4 Å². The molecular formula is C22H22Cl2N4O3S. The Kier molecular flexibility index (Phi) is 7.38. The summed E-state index contributed by atoms with van der Waals surface area (Å²) in [7, 11) is 1.69. The lowest BCUT2D eigenvalue weighted by Gasteiger charge is -2.05. The highest BCUT2D eigenvalue weighted by atomic mass is 35.5. The Hall–Kier alpha value is -2.68. The number of hydrogen-bond donors (Lipinski definition) is 2. The maximum atomic E-state index is 12.5. The van der Waals surface area contributed by atoms with Crippen molar-refractivity contribution < 1.29 is 14.7 Å². The van der Waals surface area contributed by atoms with E-state index in [-0.39, 0.29) is 35.7 Å². The molecule has 1 aromatic carbocycles. The number of thiophene rings is 1. The van der Waals surface area contributed by atoms with Crippen molar-refractivity contribution in [3.63, 3.8) is 0 Å². The fourth-order valence-corrected chi connectivity index (χ4v) is 4.15. The Morgan fingerprint density at radius 1 is 1.19 bits per heavy atom. The van der Waals surface area contributed by atoms with Crippen LogP contribution >= 0.6 is 34.5 Å². The second-order valence-corrected chi connectivity index (χ2v) is 9.31. The van der Waals surface area contributed by atoms with Gasteiger partial charge in [0.1, 0.15) is 17.9 Å². The number of amides is 1. The van der Waals surface area contributed by atoms with E-state index in [0.717, 1.165) is 11.3 Å². The zero-order chi connectivity index (χ0) is 23.6. The average molecular weight is 493 g/mol. The van der Waals surface area contributed by atoms with Crippen molar-refractivity contribution in [3.05, 3.63) is 55.8 Å². The first-order valence-corrected chi connectivity index (χ1v) is 11.3. The number of benzene rings is 1. The smallest absolute Gasteiger partial charge is 0.261 e. The summed E-state index contributed by atoms with van der Waals surface area (Å²) in [5.74, 6) is -0.501. The molecule has 0 radical (unpaired) electrons. The van der Waals surface area contributed by atoms with Crippen molar-refractivity contribution in [3.8, 4) is 17.0 Å². The van der Waals surface area contributed by atoms with Gasteiger partial charge in [-0.2, -0.15) is 5.10 Å². The summed E-state index contributed by atoms with van der Waals surface area (Å²) >= 11 is 13.2. The Balaban J connectivity index is 1.78. The molecule has 168 valence electrons. The predicted octanol–water partition coefficient (Wildman–Crippen LogP) is 4.99. The third kappa shape index (κ3) is 5.20. The molecule has 3 aromatic rings. The Bertz CT molecular complexity index is 1210. The third-order valence-corrected chi connectivity index (χ3v) is 6.41. The van der Waals surface area contributed by atoms with E-state index in [1.165, 1.54) is 4.68 Å². The van der Waals surface area contributed by atoms with Crippen LogP contribution in [0.15, 0.2) is 35.3 Å². The molecule has 0 aliphatic rings. The molecule has 3 rings (SSSR count). The van der Waals surface area contributed by atoms with Crippen LogP contribution < -0.4 is 5.32 Å². The number of aromatic nitrogens is 2. The summed E-state index contributed by atoms with van der Waals surface area (Å²) in [5.41, 5.74) is 1.78. The Morgan fingerprint density at radius 3 is 2.53 bits per heavy atom. The van der Waals surface area contributed by atoms with Crippen LogP contribution in [0.4, 0.5) is 0 Å². The van der Waals surface area contributed by atoms with Gasteiger partial charge in [0.2, 0.25) is 0 Å². The fraction of sp³-hybridized carbons (Fsp3) is 0.273. The van der Waals surface area contributed by atoms with Gasteiger partial charge in [-0.15, -0.1) is 11.3 Å². The SMILES string of the molecule is CC(=NCC(=O)c1ccc(C(=O)NC(C)C)s1)c1nn(C)c(-c2ccc(Cl)c(Cl)c2)c1O. The molecule has 7 nitrogen and oxygen atoms in total. The number of aromatic hydroxyl groups is 1. The van der Waals surface area contributed by atoms with Gasteiger partial charge < -0.3 is 10.4 Å². The van der Waals surface area contributed by atoms with Crippen LogP contribution in [0.1, 0.15) is 45.8 Å². The number of Topliss-reactive ketones (excluding diaryl/α,β-unsaturated/α-hetero) is 1. The van der Waals surface area contributed by atoms with Crippen molar-refractivity contribution in [2.45, 2.75) is 26.8 Å². The van der Waals surface area contributed by atoms with Crippen molar-refractivity contribution >= 4 is 51.9 Å². The first-order valence-electron chi connectivity index (χ1n) is 9.75. The molecule has 1 amide bonds. The molecule has 0 spiro atoms. The fourth-order valence-electron chi connectivity index (χ4n) is 3.01. The summed E-state index contributed by atoms with van der Waals surface area (Å²) in [6, 6.07) is 8.27. The first kappa shape index (κ1) is 24.0. The molecule has 0 saturated carbocycles. The molecule has 0 atom stereocenters. The molecule has 32 heavy (non-hydrogen) atoms. The maximum absolute atomic E-state index is 12.5. The monoisotopic (exact) mass is 492 g/mol. The number of carbonyl (C=O) groups is 2. The lowest BCUT2D eigenvalue weighted by Crippen LogP contribution is -2.29. The standard InChI is InChI=1S/C22H22Cl2N4O3S/c1-11(2)26-22(31)18-8-7-17(32-18)16(29)10-25-12(3)19-21(30)20(28(4)27-19)13-5-6-14(23)15(24)9-13/h5-9,11,30H,10H2,1-4H3,(H,26,31). The van der Waals surface area contributed by atoms with Crippen LogP contribution in [0.2, 0.25) is 10.0 Å². The van der Waals surface area contributed by atoms with Crippen molar-refractivity contribution in [1.82, 2.24) is 15.1 Å². The van der Waals surface area contributed by atoms with Crippen molar-refractivity contribution in [1.29, 1.82) is 0 Å². The van der Waals surface area contributed by atoms with Gasteiger partial charge in [-0.05, 0) is 45.0 Å². The van der Waals surface area contributed by atoms with Gasteiger partial charge >= 0.3 is 0 Å². The van der Waals surface area contributed by atoms with E-state index in [4.69, 9.17) is 23.2 Å². The molecule has 0 aliphatic carbocycles. The summed E-state index contributed by atoms with van der Waals surface area (Å²) in [6.07, 6.45) is 0. The number of nitrogens with zero attached hydrogens (tertiary/aromatic N) is 3. The highest BCUT2D eigenvalue weighted by molar-refractivity contribution is 7.16. The van der Waals surface area contributed by atoms with E-state index < -0.39 is 0 Å². The van der Waals surface area contributed by atoms with Gasteiger partial charge in [-0.1, -0.05) is 29.3 Å². The second-order valence-electron chi connectivity index (χ2n) is 7.42. The normalized spacial score (nSPS) is 11.8. The summed E-state index contributed by atoms with van der Waals surface area (Å²) < 4.78 is 1.52. The summed E-state index contributed by atoms with van der Waals surface area (Å²) in [4.78, 5) is 29.8. The minimum atomic E-state index is -0.224. The number of rotatable bonds is 7. The quantitative estimate of drug-likeness (QED) is 0.358. The van der Waals surface area contributed by atoms with E-state index in [1.807, 2.05) is 13.8 Å². The topological polar surface area (TPSA) is 96.6 Å². The molecule has 2 N–H and O–H groups in total. The molecular weight excluding hydrogens is 471 g/mol. The van der Waals surface area contributed by atoms with E-state index in [9.17, 15) is 14.7 Å². The van der Waals surface area contributed by atoms with E-state index >= 15 is 0 Å². The summed E-state index contributed by atoms with van der Waals surface area (Å²) in [5, 5.41) is 18.7. The number of halogens is 2. The van der Waals surface area contributed by atoms with Gasteiger partial charge in [0.05, 0.1) is 25.5 Å². The van der Waals surface area contributed by atoms with Gasteiger partial charge in [-0.3, -0.25) is 19.3 Å². The number of hydrogen-bond acceptors (Lipinski definition) is 6. The van der Waals surface area contributed by atoms with Crippen molar-refractivity contribution in [2.24, 2.45) is 12.0 Å². The number of aliphatic imine (C=N–C) groups is 1. The van der Waals surface area contributed by atoms with Gasteiger partial charge in [0.15, 0.2) is 11.5 Å². The molecule has 0 unspecified atom stereocenters. The lowest BCUT2D eigenvalue weighted by molar-refractivity contribution is 0.0946. The molecule has 0 aliphatic heterocycles. The molecule has 0 bridgehead atoms. The van der Waals surface area contributed by atoms with Gasteiger partial charge in [0.25, 0.3) is 5.91 Å². The van der Waals surface area contributed by atoms with Crippen LogP contribution in [0.5, 0.6) is 5.75 Å². The number of aryl methyl sites for hydroxylation is 1. The van der Waals surface area contributed by atoms with Crippen LogP contribution in [0, 0.1) is 0 Å². The minimum Gasteiger partial charge on any atom is -0.504 e. The maximum Gasteiger partial charge on any atom is 0.261 e. The summed E-state index contributed by atoms with van der Waals surface area (Å²) in [6.45, 7) is 5.28. The highest BCUT2D eigenvalue weighted by Crippen LogP contribution is 2.35. The number of ketones is 1. The van der Waals surface area contributed by atoms with E-state index in [1.54, 1.807) is 44.3 Å². The first-order chi connectivity index (χ1) is 15.1. The van der Waals surface area contributed by atoms with E-state index in [0.29, 0.717) is 36.8 Å². The zero-order valence-corrected chi connectivity index (χ0v) is 20.3. The molecule has 2 aromatic heterocycles. The molecule has 0 saturated heterocycles. The second kappa shape index (κ2) is 9.85. The minimum absolute atomic E-state index is 0.0100. The average Bonchev–Trinajstić information content (AvgIpc) is 3.33. The predicted molar refractivity (Wildman–Crippen MR) is 129 cm³/mol. The molecule has 2 heterocycles.